The van der Waals surface area contributed by atoms with Gasteiger partial charge in [-0.3, -0.25) is 0 Å². The molecule has 1 rings (SSSR count). The smallest absolute Gasteiger partial charge is 0.176 e. The molecule has 0 atom stereocenters. The Hall–Kier alpha value is -0.340. The minimum absolute atomic E-state index is 0.166. The van der Waals surface area contributed by atoms with Crippen LogP contribution in [0.4, 0.5) is 0 Å². The molecule has 1 aliphatic rings. The van der Waals surface area contributed by atoms with Gasteiger partial charge in [0.1, 0.15) is 0 Å². The molecule has 1 heterocycles. The molecule has 2 heteroatoms. The summed E-state index contributed by atoms with van der Waals surface area (Å²) in [6.07, 6.45) is 1.49. The second-order valence-corrected chi connectivity index (χ2v) is 3.39. The van der Waals surface area contributed by atoms with Gasteiger partial charge < -0.3 is 9.47 Å². The molecule has 2 nitrogen and oxygen atoms in total. The molecule has 0 spiro atoms. The van der Waals surface area contributed by atoms with Crippen molar-refractivity contribution in [2.24, 2.45) is 5.41 Å². The molecular formula is C8H14O2. The molecule has 0 aromatic carbocycles. The fourth-order valence-corrected chi connectivity index (χ4v) is 0.841. The summed E-state index contributed by atoms with van der Waals surface area (Å²) in [6, 6.07) is 0. The molecule has 0 N–H and O–H groups in total. The Balaban J connectivity index is 2.38. The molecule has 0 amide bonds. The van der Waals surface area contributed by atoms with Crippen molar-refractivity contribution in [3.8, 4) is 0 Å². The van der Waals surface area contributed by atoms with Crippen LogP contribution in [-0.4, -0.2) is 19.5 Å². The van der Waals surface area contributed by atoms with Gasteiger partial charge in [0, 0.05) is 5.41 Å². The van der Waals surface area contributed by atoms with Gasteiger partial charge in [0.15, 0.2) is 6.29 Å². The summed E-state index contributed by atoms with van der Waals surface area (Å²) in [7, 11) is 0. The highest BCUT2D eigenvalue weighted by Gasteiger charge is 2.26. The van der Waals surface area contributed by atoms with Gasteiger partial charge in [-0.25, -0.2) is 0 Å². The lowest BCUT2D eigenvalue weighted by Gasteiger charge is -2.33. The average Bonchev–Trinajstić information content (AvgIpc) is 1.88. The molecule has 0 unspecified atom stereocenters. The predicted molar refractivity (Wildman–Crippen MR) is 39.7 cm³/mol. The highest BCUT2D eigenvalue weighted by molar-refractivity contribution is 4.79. The van der Waals surface area contributed by atoms with Crippen molar-refractivity contribution >= 4 is 0 Å². The summed E-state index contributed by atoms with van der Waals surface area (Å²) in [5.74, 6) is 0. The first-order valence-corrected chi connectivity index (χ1v) is 3.50. The highest BCUT2D eigenvalue weighted by Crippen LogP contribution is 2.22. The molecule has 1 fully saturated rings. The largest absolute Gasteiger partial charge is 0.348 e. The maximum absolute atomic E-state index is 5.30. The number of hydrogen-bond donors (Lipinski definition) is 0. The first-order chi connectivity index (χ1) is 4.64. The van der Waals surface area contributed by atoms with Gasteiger partial charge in [-0.2, -0.15) is 0 Å². The molecule has 0 bridgehead atoms. The van der Waals surface area contributed by atoms with E-state index in [2.05, 4.69) is 20.4 Å². The van der Waals surface area contributed by atoms with Crippen LogP contribution in [0.25, 0.3) is 0 Å². The van der Waals surface area contributed by atoms with Crippen LogP contribution in [0, 0.1) is 5.41 Å². The van der Waals surface area contributed by atoms with Gasteiger partial charge in [-0.05, 0) is 6.08 Å². The number of rotatable bonds is 1. The third-order valence-electron chi connectivity index (χ3n) is 1.47. The van der Waals surface area contributed by atoms with E-state index < -0.39 is 0 Å². The molecule has 0 radical (unpaired) electrons. The standard InChI is InChI=1S/C8H14O2/c1-4-7-9-5-8(2,3)6-10-7/h4,7H,1,5-6H2,2-3H3. The fourth-order valence-electron chi connectivity index (χ4n) is 0.841. The lowest BCUT2D eigenvalue weighted by molar-refractivity contribution is -0.197. The maximum Gasteiger partial charge on any atom is 0.176 e. The van der Waals surface area contributed by atoms with Gasteiger partial charge in [-0.15, -0.1) is 0 Å². The van der Waals surface area contributed by atoms with Gasteiger partial charge in [0.05, 0.1) is 13.2 Å². The van der Waals surface area contributed by atoms with Gasteiger partial charge in [-0.1, -0.05) is 20.4 Å². The van der Waals surface area contributed by atoms with Gasteiger partial charge >= 0.3 is 0 Å². The van der Waals surface area contributed by atoms with Crippen LogP contribution in [0.2, 0.25) is 0 Å². The molecule has 10 heavy (non-hydrogen) atoms. The zero-order valence-corrected chi connectivity index (χ0v) is 6.59. The third-order valence-corrected chi connectivity index (χ3v) is 1.47. The minimum atomic E-state index is -0.187. The summed E-state index contributed by atoms with van der Waals surface area (Å²) in [5, 5.41) is 0. The second kappa shape index (κ2) is 2.72. The zero-order valence-electron chi connectivity index (χ0n) is 6.59. The van der Waals surface area contributed by atoms with E-state index in [0.717, 1.165) is 13.2 Å². The van der Waals surface area contributed by atoms with E-state index in [1.165, 1.54) is 0 Å². The van der Waals surface area contributed by atoms with E-state index in [-0.39, 0.29) is 11.7 Å². The highest BCUT2D eigenvalue weighted by atomic mass is 16.7. The molecule has 0 saturated carbocycles. The van der Waals surface area contributed by atoms with Crippen molar-refractivity contribution in [3.05, 3.63) is 12.7 Å². The van der Waals surface area contributed by atoms with Crippen LogP contribution < -0.4 is 0 Å². The van der Waals surface area contributed by atoms with E-state index in [1.54, 1.807) is 6.08 Å². The van der Waals surface area contributed by atoms with Gasteiger partial charge in [0.2, 0.25) is 0 Å². The van der Waals surface area contributed by atoms with Crippen LogP contribution in [0.1, 0.15) is 13.8 Å². The quantitative estimate of drug-likeness (QED) is 0.517. The van der Waals surface area contributed by atoms with Crippen LogP contribution >= 0.6 is 0 Å². The Morgan fingerprint density at radius 1 is 1.40 bits per heavy atom. The number of ether oxygens (including phenoxy) is 2. The van der Waals surface area contributed by atoms with E-state index >= 15 is 0 Å². The fraction of sp³-hybridized carbons (Fsp3) is 0.750. The van der Waals surface area contributed by atoms with Crippen molar-refractivity contribution in [2.75, 3.05) is 13.2 Å². The van der Waals surface area contributed by atoms with E-state index in [1.807, 2.05) is 0 Å². The summed E-state index contributed by atoms with van der Waals surface area (Å²) >= 11 is 0. The zero-order chi connectivity index (χ0) is 7.61. The number of hydrogen-bond acceptors (Lipinski definition) is 2. The van der Waals surface area contributed by atoms with E-state index in [0.29, 0.717) is 0 Å². The maximum atomic E-state index is 5.30. The molecular weight excluding hydrogens is 128 g/mol. The lowest BCUT2D eigenvalue weighted by Crippen LogP contribution is -2.36. The normalized spacial score (nSPS) is 26.2. The Labute approximate surface area is 61.8 Å². The van der Waals surface area contributed by atoms with E-state index in [4.69, 9.17) is 9.47 Å². The summed E-state index contributed by atoms with van der Waals surface area (Å²) in [4.78, 5) is 0. The molecule has 58 valence electrons. The van der Waals surface area contributed by atoms with Crippen LogP contribution in [0.3, 0.4) is 0 Å². The Kier molecular flexibility index (Phi) is 2.11. The average molecular weight is 142 g/mol. The van der Waals surface area contributed by atoms with Crippen LogP contribution in [-0.2, 0) is 9.47 Å². The molecule has 1 saturated heterocycles. The summed E-state index contributed by atoms with van der Waals surface area (Å²) < 4.78 is 10.6. The first kappa shape index (κ1) is 7.76. The van der Waals surface area contributed by atoms with Crippen LogP contribution in [0.5, 0.6) is 0 Å². The van der Waals surface area contributed by atoms with Crippen molar-refractivity contribution in [1.29, 1.82) is 0 Å². The minimum Gasteiger partial charge on any atom is -0.348 e. The monoisotopic (exact) mass is 142 g/mol. The Morgan fingerprint density at radius 3 is 2.30 bits per heavy atom. The van der Waals surface area contributed by atoms with Crippen LogP contribution in [0.15, 0.2) is 12.7 Å². The summed E-state index contributed by atoms with van der Waals surface area (Å²) in [5.41, 5.74) is 0.166. The Morgan fingerprint density at radius 2 is 1.90 bits per heavy atom. The molecule has 0 aliphatic carbocycles. The SMILES string of the molecule is C=CC1OCC(C)(C)CO1. The molecule has 1 aliphatic heterocycles. The van der Waals surface area contributed by atoms with Crippen molar-refractivity contribution in [1.82, 2.24) is 0 Å². The topological polar surface area (TPSA) is 18.5 Å². The van der Waals surface area contributed by atoms with Gasteiger partial charge in [0.25, 0.3) is 0 Å². The Bertz CT molecular complexity index is 119. The molecule has 0 aromatic rings. The molecule has 0 aromatic heterocycles. The van der Waals surface area contributed by atoms with Crippen molar-refractivity contribution < 1.29 is 9.47 Å². The summed E-state index contributed by atoms with van der Waals surface area (Å²) in [6.45, 7) is 9.32. The third kappa shape index (κ3) is 1.82. The van der Waals surface area contributed by atoms with Crippen molar-refractivity contribution in [3.63, 3.8) is 0 Å². The predicted octanol–water partition coefficient (Wildman–Crippen LogP) is 1.57. The first-order valence-electron chi connectivity index (χ1n) is 3.50. The van der Waals surface area contributed by atoms with E-state index in [9.17, 15) is 0 Å². The van der Waals surface area contributed by atoms with Crippen molar-refractivity contribution in [2.45, 2.75) is 20.1 Å². The second-order valence-electron chi connectivity index (χ2n) is 3.39. The lowest BCUT2D eigenvalue weighted by atomic mass is 9.96.